The lowest BCUT2D eigenvalue weighted by atomic mass is 9.97. The molecular weight excluding hydrogens is 391 g/mol. The summed E-state index contributed by atoms with van der Waals surface area (Å²) >= 11 is 0. The van der Waals surface area contributed by atoms with E-state index < -0.39 is 19.2 Å². The molecule has 2 aliphatic heterocycles. The van der Waals surface area contributed by atoms with E-state index in [9.17, 15) is 14.0 Å². The minimum atomic E-state index is -0.747. The van der Waals surface area contributed by atoms with Gasteiger partial charge >= 0.3 is 0 Å². The van der Waals surface area contributed by atoms with Crippen LogP contribution in [0.3, 0.4) is 0 Å². The highest BCUT2D eigenvalue weighted by atomic mass is 19.1. The van der Waals surface area contributed by atoms with Crippen molar-refractivity contribution < 1.29 is 19.1 Å². The van der Waals surface area contributed by atoms with Crippen LogP contribution in [0.2, 0.25) is 0 Å². The predicted octanol–water partition coefficient (Wildman–Crippen LogP) is 0.353. The SMILES string of the molecule is NC(=O)c1ncccc1-c1cn(C2CN(C3CCN(C(=O)CO)CC3)C2)nc1CF. The first-order valence-corrected chi connectivity index (χ1v) is 10.0. The maximum Gasteiger partial charge on any atom is 0.267 e. The molecule has 0 saturated carbocycles. The third-order valence-corrected chi connectivity index (χ3v) is 6.00. The number of carbonyl (C=O) groups excluding carboxylic acids is 2. The van der Waals surface area contributed by atoms with Gasteiger partial charge in [-0.1, -0.05) is 6.07 Å². The van der Waals surface area contributed by atoms with Crippen molar-refractivity contribution in [2.75, 3.05) is 32.8 Å². The summed E-state index contributed by atoms with van der Waals surface area (Å²) in [6.45, 7) is 1.70. The second-order valence-electron chi connectivity index (χ2n) is 7.74. The molecule has 0 unspecified atom stereocenters. The molecule has 0 bridgehead atoms. The zero-order chi connectivity index (χ0) is 21.3. The molecule has 0 spiro atoms. The summed E-state index contributed by atoms with van der Waals surface area (Å²) in [7, 11) is 0. The van der Waals surface area contributed by atoms with Crippen LogP contribution in [0.5, 0.6) is 0 Å². The van der Waals surface area contributed by atoms with E-state index in [1.807, 2.05) is 0 Å². The van der Waals surface area contributed by atoms with Gasteiger partial charge < -0.3 is 15.7 Å². The molecule has 2 aliphatic rings. The normalized spacial score (nSPS) is 18.4. The summed E-state index contributed by atoms with van der Waals surface area (Å²) in [6, 6.07) is 3.89. The van der Waals surface area contributed by atoms with Gasteiger partial charge in [0.15, 0.2) is 0 Å². The van der Waals surface area contributed by atoms with Crippen molar-refractivity contribution in [3.05, 3.63) is 35.9 Å². The highest BCUT2D eigenvalue weighted by Crippen LogP contribution is 2.32. The van der Waals surface area contributed by atoms with Crippen LogP contribution < -0.4 is 5.73 Å². The number of hydrogen-bond acceptors (Lipinski definition) is 6. The number of carbonyl (C=O) groups is 2. The number of aliphatic hydroxyl groups excluding tert-OH is 1. The number of hydrogen-bond donors (Lipinski definition) is 2. The smallest absolute Gasteiger partial charge is 0.267 e. The maximum absolute atomic E-state index is 13.6. The number of likely N-dealkylation sites (tertiary alicyclic amines) is 2. The Hall–Kier alpha value is -2.85. The Bertz CT molecular complexity index is 934. The van der Waals surface area contributed by atoms with E-state index >= 15 is 0 Å². The molecular formula is C20H25FN6O3. The topological polar surface area (TPSA) is 118 Å². The number of aliphatic hydroxyl groups is 1. The molecule has 2 amide bonds. The van der Waals surface area contributed by atoms with Gasteiger partial charge in [-0.25, -0.2) is 4.39 Å². The minimum absolute atomic E-state index is 0.103. The maximum atomic E-state index is 13.6. The number of rotatable bonds is 6. The Balaban J connectivity index is 1.43. The molecule has 2 aromatic heterocycles. The van der Waals surface area contributed by atoms with Gasteiger partial charge in [-0.15, -0.1) is 0 Å². The zero-order valence-electron chi connectivity index (χ0n) is 16.6. The fraction of sp³-hybridized carbons (Fsp3) is 0.500. The Labute approximate surface area is 173 Å². The molecule has 4 heterocycles. The van der Waals surface area contributed by atoms with E-state index in [1.54, 1.807) is 27.9 Å². The van der Waals surface area contributed by atoms with Gasteiger partial charge in [0.1, 0.15) is 24.7 Å². The lowest BCUT2D eigenvalue weighted by Gasteiger charge is -2.47. The van der Waals surface area contributed by atoms with Crippen molar-refractivity contribution in [2.24, 2.45) is 5.73 Å². The fourth-order valence-electron chi connectivity index (χ4n) is 4.29. The number of halogens is 1. The number of piperidine rings is 1. The second kappa shape index (κ2) is 8.49. The molecule has 0 atom stereocenters. The van der Waals surface area contributed by atoms with Gasteiger partial charge in [0, 0.05) is 55.7 Å². The number of pyridine rings is 1. The molecule has 30 heavy (non-hydrogen) atoms. The molecule has 0 aliphatic carbocycles. The molecule has 2 fully saturated rings. The van der Waals surface area contributed by atoms with Crippen LogP contribution in [0.4, 0.5) is 4.39 Å². The first kappa shape index (κ1) is 20.4. The van der Waals surface area contributed by atoms with Gasteiger partial charge in [-0.05, 0) is 18.9 Å². The number of aromatic nitrogens is 3. The second-order valence-corrected chi connectivity index (χ2v) is 7.74. The molecule has 0 radical (unpaired) electrons. The van der Waals surface area contributed by atoms with Crippen LogP contribution in [0, 0.1) is 0 Å². The van der Waals surface area contributed by atoms with Crippen molar-refractivity contribution in [3.63, 3.8) is 0 Å². The Morgan fingerprint density at radius 2 is 1.93 bits per heavy atom. The van der Waals surface area contributed by atoms with Crippen LogP contribution in [-0.4, -0.2) is 80.3 Å². The standard InChI is InChI=1S/C20H25FN6O3/c21-8-17-16(15-2-1-5-23-19(15)20(22)30)11-27(24-17)14-9-26(10-14)13-3-6-25(7-4-13)18(29)12-28/h1-2,5,11,13-14,28H,3-4,6-10,12H2,(H2,22,30). The largest absolute Gasteiger partial charge is 0.387 e. The third kappa shape index (κ3) is 3.80. The summed E-state index contributed by atoms with van der Waals surface area (Å²) in [5.41, 5.74) is 6.81. The third-order valence-electron chi connectivity index (χ3n) is 6.00. The van der Waals surface area contributed by atoms with Crippen LogP contribution in [0.15, 0.2) is 24.5 Å². The quantitative estimate of drug-likeness (QED) is 0.702. The van der Waals surface area contributed by atoms with Crippen molar-refractivity contribution >= 4 is 11.8 Å². The lowest BCUT2D eigenvalue weighted by Crippen LogP contribution is -2.56. The molecule has 4 rings (SSSR count). The highest BCUT2D eigenvalue weighted by molar-refractivity contribution is 5.98. The van der Waals surface area contributed by atoms with E-state index in [1.165, 1.54) is 6.20 Å². The predicted molar refractivity (Wildman–Crippen MR) is 106 cm³/mol. The zero-order valence-corrected chi connectivity index (χ0v) is 16.6. The summed E-state index contributed by atoms with van der Waals surface area (Å²) in [6.07, 6.45) is 4.99. The van der Waals surface area contributed by atoms with E-state index in [0.717, 1.165) is 25.9 Å². The Morgan fingerprint density at radius 1 is 1.20 bits per heavy atom. The molecule has 160 valence electrons. The number of primary amides is 1. The summed E-state index contributed by atoms with van der Waals surface area (Å²) < 4.78 is 15.4. The summed E-state index contributed by atoms with van der Waals surface area (Å²) in [5, 5.41) is 13.4. The molecule has 9 nitrogen and oxygen atoms in total. The molecule has 2 saturated heterocycles. The van der Waals surface area contributed by atoms with Crippen LogP contribution >= 0.6 is 0 Å². The van der Waals surface area contributed by atoms with Gasteiger partial charge in [0.05, 0.1) is 6.04 Å². The summed E-state index contributed by atoms with van der Waals surface area (Å²) in [5.74, 6) is -0.882. The molecule has 2 aromatic rings. The van der Waals surface area contributed by atoms with Gasteiger partial charge in [-0.2, -0.15) is 5.10 Å². The van der Waals surface area contributed by atoms with E-state index in [4.69, 9.17) is 10.8 Å². The number of alkyl halides is 1. The van der Waals surface area contributed by atoms with E-state index in [2.05, 4.69) is 15.0 Å². The van der Waals surface area contributed by atoms with E-state index in [-0.39, 0.29) is 23.3 Å². The average Bonchev–Trinajstić information content (AvgIpc) is 3.16. The van der Waals surface area contributed by atoms with Gasteiger partial charge in [-0.3, -0.25) is 24.2 Å². The van der Waals surface area contributed by atoms with Crippen LogP contribution in [-0.2, 0) is 11.5 Å². The van der Waals surface area contributed by atoms with Gasteiger partial charge in [0.2, 0.25) is 5.91 Å². The molecule has 10 heteroatoms. The number of nitrogens with zero attached hydrogens (tertiary/aromatic N) is 5. The Morgan fingerprint density at radius 3 is 2.57 bits per heavy atom. The average molecular weight is 416 g/mol. The number of amides is 2. The van der Waals surface area contributed by atoms with Crippen molar-refractivity contribution in [1.29, 1.82) is 0 Å². The number of nitrogens with two attached hydrogens (primary N) is 1. The van der Waals surface area contributed by atoms with E-state index in [0.29, 0.717) is 30.3 Å². The Kier molecular flexibility index (Phi) is 5.78. The highest BCUT2D eigenvalue weighted by Gasteiger charge is 2.36. The van der Waals surface area contributed by atoms with Crippen molar-refractivity contribution in [1.82, 2.24) is 24.6 Å². The summed E-state index contributed by atoms with van der Waals surface area (Å²) in [4.78, 5) is 31.4. The van der Waals surface area contributed by atoms with Crippen molar-refractivity contribution in [2.45, 2.75) is 31.6 Å². The molecule has 3 N–H and O–H groups in total. The van der Waals surface area contributed by atoms with Gasteiger partial charge in [0.25, 0.3) is 5.91 Å². The minimum Gasteiger partial charge on any atom is -0.387 e. The first-order chi connectivity index (χ1) is 14.5. The van der Waals surface area contributed by atoms with Crippen LogP contribution in [0.1, 0.15) is 35.1 Å². The first-order valence-electron chi connectivity index (χ1n) is 10.0. The van der Waals surface area contributed by atoms with Crippen LogP contribution in [0.25, 0.3) is 11.1 Å². The van der Waals surface area contributed by atoms with Crippen molar-refractivity contribution in [3.8, 4) is 11.1 Å². The molecule has 0 aromatic carbocycles. The fourth-order valence-corrected chi connectivity index (χ4v) is 4.29. The lowest BCUT2D eigenvalue weighted by molar-refractivity contribution is -0.136. The monoisotopic (exact) mass is 416 g/mol.